The molecule has 1 atom stereocenters. The molecule has 0 bridgehead atoms. The van der Waals surface area contributed by atoms with E-state index in [1.807, 2.05) is 0 Å². The third-order valence-electron chi connectivity index (χ3n) is 3.31. The van der Waals surface area contributed by atoms with Crippen molar-refractivity contribution < 1.29 is 12.6 Å². The van der Waals surface area contributed by atoms with E-state index in [9.17, 15) is 8.42 Å². The van der Waals surface area contributed by atoms with Gasteiger partial charge < -0.3 is 0 Å². The zero-order valence-electron chi connectivity index (χ0n) is 11.4. The zero-order valence-corrected chi connectivity index (χ0v) is 12.3. The van der Waals surface area contributed by atoms with E-state index in [1.165, 1.54) is 56.8 Å². The quantitative estimate of drug-likeness (QED) is 0.444. The van der Waals surface area contributed by atoms with Crippen LogP contribution in [0.15, 0.2) is 11.5 Å². The lowest BCUT2D eigenvalue weighted by molar-refractivity contribution is 0.253. The van der Waals surface area contributed by atoms with Crippen molar-refractivity contribution >= 4 is 10.1 Å². The molecule has 0 saturated carbocycles. The van der Waals surface area contributed by atoms with Crippen LogP contribution >= 0.6 is 0 Å². The standard InChI is InChI=1S/C14H26O3S/c1-2-3-4-5-6-7-8-9-10-11-14-12-13-18(15,16)17-14/h12-14H,2-11H2,1H3. The third-order valence-corrected chi connectivity index (χ3v) is 4.32. The van der Waals surface area contributed by atoms with Crippen LogP contribution in [0, 0.1) is 0 Å². The molecule has 0 spiro atoms. The molecule has 0 fully saturated rings. The summed E-state index contributed by atoms with van der Waals surface area (Å²) in [6, 6.07) is 0. The molecule has 0 aromatic heterocycles. The van der Waals surface area contributed by atoms with Gasteiger partial charge in [0.05, 0.1) is 11.5 Å². The number of hydrogen-bond donors (Lipinski definition) is 0. The Hall–Kier alpha value is -0.350. The molecule has 0 amide bonds. The Kier molecular flexibility index (Phi) is 7.59. The Morgan fingerprint density at radius 2 is 1.50 bits per heavy atom. The van der Waals surface area contributed by atoms with Gasteiger partial charge in [0.1, 0.15) is 0 Å². The lowest BCUT2D eigenvalue weighted by Crippen LogP contribution is -2.07. The predicted molar refractivity (Wildman–Crippen MR) is 74.8 cm³/mol. The smallest absolute Gasteiger partial charge is 0.259 e. The first-order valence-electron chi connectivity index (χ1n) is 7.25. The minimum Gasteiger partial charge on any atom is -0.259 e. The summed E-state index contributed by atoms with van der Waals surface area (Å²) < 4.78 is 26.9. The minimum absolute atomic E-state index is 0.209. The van der Waals surface area contributed by atoms with E-state index >= 15 is 0 Å². The van der Waals surface area contributed by atoms with Gasteiger partial charge in [0.2, 0.25) is 0 Å². The highest BCUT2D eigenvalue weighted by Gasteiger charge is 2.21. The van der Waals surface area contributed by atoms with Gasteiger partial charge in [0.25, 0.3) is 10.1 Å². The van der Waals surface area contributed by atoms with Crippen molar-refractivity contribution in [3.05, 3.63) is 11.5 Å². The summed E-state index contributed by atoms with van der Waals surface area (Å²) in [5, 5.41) is 1.17. The lowest BCUT2D eigenvalue weighted by Gasteiger charge is -2.06. The lowest BCUT2D eigenvalue weighted by atomic mass is 10.1. The minimum atomic E-state index is -3.34. The van der Waals surface area contributed by atoms with Gasteiger partial charge in [-0.15, -0.1) is 0 Å². The highest BCUT2D eigenvalue weighted by atomic mass is 32.2. The maximum atomic E-state index is 11.0. The van der Waals surface area contributed by atoms with E-state index in [-0.39, 0.29) is 6.10 Å². The molecule has 0 N–H and O–H groups in total. The second kappa shape index (κ2) is 8.70. The largest absolute Gasteiger partial charge is 0.290 e. The van der Waals surface area contributed by atoms with Crippen LogP contribution in [0.25, 0.3) is 0 Å². The third kappa shape index (κ3) is 7.17. The Balaban J connectivity index is 1.86. The highest BCUT2D eigenvalue weighted by molar-refractivity contribution is 7.89. The van der Waals surface area contributed by atoms with Gasteiger partial charge in [-0.05, 0) is 12.5 Å². The van der Waals surface area contributed by atoms with Crippen molar-refractivity contribution in [2.75, 3.05) is 0 Å². The molecule has 3 nitrogen and oxygen atoms in total. The van der Waals surface area contributed by atoms with Crippen molar-refractivity contribution in [3.8, 4) is 0 Å². The van der Waals surface area contributed by atoms with Crippen LogP contribution in [0.4, 0.5) is 0 Å². The van der Waals surface area contributed by atoms with Gasteiger partial charge in [0, 0.05) is 0 Å². The zero-order chi connectivity index (χ0) is 13.3. The summed E-state index contributed by atoms with van der Waals surface area (Å²) in [6.07, 6.45) is 13.8. The Labute approximate surface area is 112 Å². The number of hydrogen-bond acceptors (Lipinski definition) is 3. The summed E-state index contributed by atoms with van der Waals surface area (Å²) in [7, 11) is -3.34. The van der Waals surface area contributed by atoms with E-state index in [0.29, 0.717) is 0 Å². The van der Waals surface area contributed by atoms with Crippen molar-refractivity contribution in [1.82, 2.24) is 0 Å². The Morgan fingerprint density at radius 1 is 0.944 bits per heavy atom. The van der Waals surface area contributed by atoms with Crippen molar-refractivity contribution in [2.45, 2.75) is 77.2 Å². The molecule has 0 radical (unpaired) electrons. The van der Waals surface area contributed by atoms with Gasteiger partial charge in [-0.2, -0.15) is 8.42 Å². The first-order chi connectivity index (χ1) is 8.64. The first kappa shape index (κ1) is 15.7. The van der Waals surface area contributed by atoms with Crippen LogP contribution in [0.5, 0.6) is 0 Å². The number of unbranched alkanes of at least 4 members (excludes halogenated alkanes) is 8. The van der Waals surface area contributed by atoms with Crippen LogP contribution in [-0.2, 0) is 14.3 Å². The van der Waals surface area contributed by atoms with E-state index in [1.54, 1.807) is 6.08 Å². The van der Waals surface area contributed by atoms with E-state index in [4.69, 9.17) is 4.18 Å². The summed E-state index contributed by atoms with van der Waals surface area (Å²) in [5.41, 5.74) is 0. The molecule has 0 aromatic rings. The maximum absolute atomic E-state index is 11.0. The molecule has 1 heterocycles. The monoisotopic (exact) mass is 274 g/mol. The van der Waals surface area contributed by atoms with Crippen molar-refractivity contribution in [2.24, 2.45) is 0 Å². The van der Waals surface area contributed by atoms with Crippen LogP contribution in [0.2, 0.25) is 0 Å². The normalized spacial score (nSPS) is 21.5. The molecule has 0 aliphatic carbocycles. The van der Waals surface area contributed by atoms with E-state index in [0.717, 1.165) is 12.8 Å². The van der Waals surface area contributed by atoms with Gasteiger partial charge >= 0.3 is 0 Å². The second-order valence-electron chi connectivity index (χ2n) is 5.07. The van der Waals surface area contributed by atoms with Crippen LogP contribution in [0.3, 0.4) is 0 Å². The number of rotatable bonds is 10. The molecule has 1 aliphatic rings. The summed E-state index contributed by atoms with van der Waals surface area (Å²) in [6.45, 7) is 2.24. The fourth-order valence-corrected chi connectivity index (χ4v) is 3.16. The van der Waals surface area contributed by atoms with Crippen molar-refractivity contribution in [3.63, 3.8) is 0 Å². The van der Waals surface area contributed by atoms with E-state index in [2.05, 4.69) is 6.92 Å². The fourth-order valence-electron chi connectivity index (χ4n) is 2.22. The van der Waals surface area contributed by atoms with E-state index < -0.39 is 10.1 Å². The van der Waals surface area contributed by atoms with Gasteiger partial charge in [-0.1, -0.05) is 64.7 Å². The van der Waals surface area contributed by atoms with Crippen LogP contribution < -0.4 is 0 Å². The second-order valence-corrected chi connectivity index (χ2v) is 6.52. The summed E-state index contributed by atoms with van der Waals surface area (Å²) >= 11 is 0. The van der Waals surface area contributed by atoms with Gasteiger partial charge in [-0.25, -0.2) is 0 Å². The fraction of sp³-hybridized carbons (Fsp3) is 0.857. The molecule has 0 saturated heterocycles. The average Bonchev–Trinajstić information content (AvgIpc) is 2.67. The molecular formula is C14H26O3S. The Morgan fingerprint density at radius 3 is 2.00 bits per heavy atom. The molecule has 1 aliphatic heterocycles. The summed E-state index contributed by atoms with van der Waals surface area (Å²) in [5.74, 6) is 0. The van der Waals surface area contributed by atoms with Crippen LogP contribution in [-0.4, -0.2) is 14.5 Å². The highest BCUT2D eigenvalue weighted by Crippen LogP contribution is 2.19. The molecule has 0 aromatic carbocycles. The van der Waals surface area contributed by atoms with Crippen molar-refractivity contribution in [1.29, 1.82) is 0 Å². The van der Waals surface area contributed by atoms with Gasteiger partial charge in [-0.3, -0.25) is 4.18 Å². The van der Waals surface area contributed by atoms with Gasteiger partial charge in [0.15, 0.2) is 0 Å². The molecule has 106 valence electrons. The van der Waals surface area contributed by atoms with Crippen LogP contribution in [0.1, 0.15) is 71.1 Å². The topological polar surface area (TPSA) is 43.4 Å². The molecular weight excluding hydrogens is 248 g/mol. The SMILES string of the molecule is CCCCCCCCCCCC1C=CS(=O)(=O)O1. The first-order valence-corrected chi connectivity index (χ1v) is 8.72. The average molecular weight is 274 g/mol. The molecule has 1 rings (SSSR count). The maximum Gasteiger partial charge on any atom is 0.290 e. The predicted octanol–water partition coefficient (Wildman–Crippen LogP) is 4.15. The molecule has 4 heteroatoms. The molecule has 18 heavy (non-hydrogen) atoms. The summed E-state index contributed by atoms with van der Waals surface area (Å²) in [4.78, 5) is 0. The Bertz CT molecular complexity index is 333. The molecule has 1 unspecified atom stereocenters.